The third-order valence-corrected chi connectivity index (χ3v) is 6.55. The number of carbonyl (C=O) groups is 1. The lowest BCUT2D eigenvalue weighted by Crippen LogP contribution is -2.39. The lowest BCUT2D eigenvalue weighted by molar-refractivity contribution is -0.118. The van der Waals surface area contributed by atoms with E-state index in [2.05, 4.69) is 26.0 Å². The molecule has 4 N–H and O–H groups in total. The summed E-state index contributed by atoms with van der Waals surface area (Å²) in [5, 5.41) is 17.3. The van der Waals surface area contributed by atoms with Crippen molar-refractivity contribution in [1.29, 1.82) is 0 Å². The number of amides is 1. The molecule has 0 bridgehead atoms. The van der Waals surface area contributed by atoms with Crippen LogP contribution in [0.1, 0.15) is 5.56 Å². The second-order valence-corrected chi connectivity index (χ2v) is 8.78. The zero-order valence-electron chi connectivity index (χ0n) is 17.4. The number of rotatable bonds is 9. The number of thioether (sulfide) groups is 2. The van der Waals surface area contributed by atoms with Crippen LogP contribution in [0.25, 0.3) is 11.4 Å². The first kappa shape index (κ1) is 22.2. The molecule has 2 aromatic carbocycles. The Hall–Kier alpha value is -3.02. The molecule has 1 aromatic heterocycles. The molecule has 0 spiro atoms. The van der Waals surface area contributed by atoms with E-state index in [0.717, 1.165) is 27.7 Å². The summed E-state index contributed by atoms with van der Waals surface area (Å²) in [5.74, 6) is 1.60. The zero-order valence-corrected chi connectivity index (χ0v) is 19.0. The molecule has 1 amide bonds. The lowest BCUT2D eigenvalue weighted by atomic mass is 10.2. The molecule has 0 saturated carbocycles. The van der Waals surface area contributed by atoms with Crippen LogP contribution >= 0.6 is 23.5 Å². The van der Waals surface area contributed by atoms with Crippen LogP contribution in [-0.4, -0.2) is 50.6 Å². The number of hydrogen-bond donors (Lipinski definition) is 3. The zero-order chi connectivity index (χ0) is 22.3. The number of nitrogens with zero attached hydrogens (tertiary/aromatic N) is 4. The van der Waals surface area contributed by atoms with Gasteiger partial charge in [-0.25, -0.2) is 0 Å². The highest BCUT2D eigenvalue weighted by Crippen LogP contribution is 2.25. The van der Waals surface area contributed by atoms with Crippen molar-refractivity contribution >= 4 is 34.5 Å². The van der Waals surface area contributed by atoms with Crippen LogP contribution in [0.2, 0.25) is 0 Å². The molecule has 32 heavy (non-hydrogen) atoms. The monoisotopic (exact) mass is 469 g/mol. The molecule has 1 aliphatic heterocycles. The second kappa shape index (κ2) is 10.5. The largest absolute Gasteiger partial charge is 0.497 e. The van der Waals surface area contributed by atoms with Gasteiger partial charge in [0, 0.05) is 24.2 Å². The van der Waals surface area contributed by atoms with Crippen LogP contribution < -0.4 is 21.2 Å². The highest BCUT2D eigenvalue weighted by atomic mass is 32.2. The normalized spacial score (nSPS) is 15.2. The van der Waals surface area contributed by atoms with Gasteiger partial charge in [-0.05, 0) is 24.3 Å². The van der Waals surface area contributed by atoms with E-state index in [9.17, 15) is 4.79 Å². The smallest absolute Gasteiger partial charge is 0.232 e. The third-order valence-electron chi connectivity index (χ3n) is 4.58. The first-order valence-corrected chi connectivity index (χ1v) is 11.8. The van der Waals surface area contributed by atoms with Gasteiger partial charge < -0.3 is 20.4 Å². The van der Waals surface area contributed by atoms with Crippen LogP contribution in [0.4, 0.5) is 0 Å². The van der Waals surface area contributed by atoms with E-state index in [1.165, 1.54) is 23.5 Å². The number of hydrazone groups is 1. The summed E-state index contributed by atoms with van der Waals surface area (Å²) in [7, 11) is 1.63. The van der Waals surface area contributed by atoms with Crippen molar-refractivity contribution in [2.45, 2.75) is 17.2 Å². The minimum atomic E-state index is -0.331. The number of methoxy groups -OCH3 is 1. The first-order valence-electron chi connectivity index (χ1n) is 9.93. The maximum atomic E-state index is 12.5. The molecule has 0 saturated heterocycles. The second-order valence-electron chi connectivity index (χ2n) is 6.74. The molecule has 9 nitrogen and oxygen atoms in total. The average molecular weight is 470 g/mol. The maximum absolute atomic E-state index is 12.5. The molecule has 2 heterocycles. The molecular formula is C21H23N7O2S2. The minimum absolute atomic E-state index is 0.130. The van der Waals surface area contributed by atoms with Crippen molar-refractivity contribution in [2.75, 3.05) is 19.4 Å². The summed E-state index contributed by atoms with van der Waals surface area (Å²) >= 11 is 2.78. The van der Waals surface area contributed by atoms with Crippen molar-refractivity contribution in [2.24, 2.45) is 10.8 Å². The highest BCUT2D eigenvalue weighted by Gasteiger charge is 2.23. The van der Waals surface area contributed by atoms with Crippen LogP contribution in [0.15, 0.2) is 64.9 Å². The predicted molar refractivity (Wildman–Crippen MR) is 127 cm³/mol. The Morgan fingerprint density at radius 3 is 2.69 bits per heavy atom. The van der Waals surface area contributed by atoms with E-state index in [-0.39, 0.29) is 17.2 Å². The van der Waals surface area contributed by atoms with Crippen LogP contribution in [-0.2, 0) is 11.3 Å². The Morgan fingerprint density at radius 2 is 1.97 bits per heavy atom. The molecule has 0 fully saturated rings. The van der Waals surface area contributed by atoms with Gasteiger partial charge in [0.1, 0.15) is 10.8 Å². The number of nitrogens with one attached hydrogen (secondary N) is 2. The molecule has 1 atom stereocenters. The quantitative estimate of drug-likeness (QED) is 0.408. The molecule has 1 aliphatic rings. The molecule has 166 valence electrons. The van der Waals surface area contributed by atoms with Gasteiger partial charge in [0.25, 0.3) is 0 Å². The first-order chi connectivity index (χ1) is 15.7. The number of benzene rings is 2. The SMILES string of the molecule is COc1ccc(C2=NNC(NC(=O)CSc3nnc(-c4ccccc4)n3CCN)S2)cc1. The number of nitrogens with two attached hydrogens (primary N) is 1. The Kier molecular flexibility index (Phi) is 7.30. The number of carbonyl (C=O) groups excluding carboxylic acids is 1. The topological polar surface area (TPSA) is 119 Å². The van der Waals surface area contributed by atoms with Crippen molar-refractivity contribution < 1.29 is 9.53 Å². The Labute approximate surface area is 194 Å². The van der Waals surface area contributed by atoms with E-state index >= 15 is 0 Å². The maximum Gasteiger partial charge on any atom is 0.232 e. The molecule has 1 unspecified atom stereocenters. The van der Waals surface area contributed by atoms with Gasteiger partial charge in [0.15, 0.2) is 16.5 Å². The Balaban J connectivity index is 1.32. The van der Waals surface area contributed by atoms with Gasteiger partial charge in [-0.1, -0.05) is 53.9 Å². The Morgan fingerprint density at radius 1 is 1.19 bits per heavy atom. The van der Waals surface area contributed by atoms with Gasteiger partial charge in [0.2, 0.25) is 5.91 Å². The van der Waals surface area contributed by atoms with Gasteiger partial charge in [-0.3, -0.25) is 10.2 Å². The molecule has 4 rings (SSSR count). The average Bonchev–Trinajstić information content (AvgIpc) is 3.46. The predicted octanol–water partition coefficient (Wildman–Crippen LogP) is 2.10. The van der Waals surface area contributed by atoms with Crippen molar-refractivity contribution in [3.8, 4) is 17.1 Å². The number of ether oxygens (including phenoxy) is 1. The lowest BCUT2D eigenvalue weighted by Gasteiger charge is -2.12. The van der Waals surface area contributed by atoms with Crippen molar-refractivity contribution in [3.63, 3.8) is 0 Å². The fourth-order valence-electron chi connectivity index (χ4n) is 3.05. The van der Waals surface area contributed by atoms with Crippen LogP contribution in [0.3, 0.4) is 0 Å². The van der Waals surface area contributed by atoms with E-state index < -0.39 is 0 Å². The van der Waals surface area contributed by atoms with Gasteiger partial charge in [0.05, 0.1) is 12.9 Å². The van der Waals surface area contributed by atoms with Crippen molar-refractivity contribution in [3.05, 3.63) is 60.2 Å². The Bertz CT molecular complexity index is 1090. The molecule has 3 aromatic rings. The summed E-state index contributed by atoms with van der Waals surface area (Å²) in [4.78, 5) is 12.5. The summed E-state index contributed by atoms with van der Waals surface area (Å²) in [6.07, 6.45) is 0. The number of hydrogen-bond acceptors (Lipinski definition) is 9. The minimum Gasteiger partial charge on any atom is -0.497 e. The fraction of sp³-hybridized carbons (Fsp3) is 0.238. The third kappa shape index (κ3) is 5.23. The van der Waals surface area contributed by atoms with E-state index in [1.807, 2.05) is 59.2 Å². The molecular weight excluding hydrogens is 446 g/mol. The van der Waals surface area contributed by atoms with Gasteiger partial charge in [-0.15, -0.1) is 10.2 Å². The van der Waals surface area contributed by atoms with E-state index in [1.54, 1.807) is 7.11 Å². The highest BCUT2D eigenvalue weighted by molar-refractivity contribution is 8.15. The number of aromatic nitrogens is 3. The van der Waals surface area contributed by atoms with Gasteiger partial charge in [-0.2, -0.15) is 5.10 Å². The van der Waals surface area contributed by atoms with Gasteiger partial charge >= 0.3 is 0 Å². The van der Waals surface area contributed by atoms with E-state index in [0.29, 0.717) is 18.2 Å². The van der Waals surface area contributed by atoms with E-state index in [4.69, 9.17) is 10.5 Å². The van der Waals surface area contributed by atoms with Crippen LogP contribution in [0, 0.1) is 0 Å². The fourth-order valence-corrected chi connectivity index (χ4v) is 4.73. The molecule has 0 radical (unpaired) electrons. The summed E-state index contributed by atoms with van der Waals surface area (Å²) in [5.41, 5.74) is 10.3. The standard InChI is InChI=1S/C21H23N7O2S2/c1-30-16-9-7-15(8-10-16)19-25-26-20(32-19)23-17(29)13-31-21-27-24-18(28(21)12-11-22)14-5-3-2-4-6-14/h2-10,20,26H,11-13,22H2,1H3,(H,23,29). The summed E-state index contributed by atoms with van der Waals surface area (Å²) in [6, 6.07) is 17.4. The molecule has 0 aliphatic carbocycles. The van der Waals surface area contributed by atoms with Crippen molar-refractivity contribution in [1.82, 2.24) is 25.5 Å². The van der Waals surface area contributed by atoms with Crippen LogP contribution in [0.5, 0.6) is 5.75 Å². The molecule has 11 heteroatoms. The summed E-state index contributed by atoms with van der Waals surface area (Å²) < 4.78 is 7.12. The summed E-state index contributed by atoms with van der Waals surface area (Å²) in [6.45, 7) is 1.02.